The lowest BCUT2D eigenvalue weighted by atomic mass is 10.1. The molecule has 2 aromatic rings. The molecule has 1 saturated heterocycles. The number of amides is 1. The number of aromatic nitrogens is 1. The van der Waals surface area contributed by atoms with Crippen molar-refractivity contribution in [3.05, 3.63) is 36.0 Å². The fourth-order valence-electron chi connectivity index (χ4n) is 2.51. The van der Waals surface area contributed by atoms with E-state index in [2.05, 4.69) is 4.98 Å². The maximum absolute atomic E-state index is 12.5. The van der Waals surface area contributed by atoms with Crippen molar-refractivity contribution in [1.82, 2.24) is 9.88 Å². The second-order valence-corrected chi connectivity index (χ2v) is 5.04. The van der Waals surface area contributed by atoms with E-state index in [1.807, 2.05) is 24.3 Å². The van der Waals surface area contributed by atoms with Crippen LogP contribution in [0.5, 0.6) is 0 Å². The molecule has 0 aliphatic carbocycles. The molecule has 1 fully saturated rings. The zero-order chi connectivity index (χ0) is 14.8. The van der Waals surface area contributed by atoms with Crippen molar-refractivity contribution < 1.29 is 14.6 Å². The molecule has 1 aromatic carbocycles. The van der Waals surface area contributed by atoms with Crippen LogP contribution in [0.15, 0.2) is 30.3 Å². The number of anilines is 1. The van der Waals surface area contributed by atoms with Crippen molar-refractivity contribution >= 4 is 22.5 Å². The summed E-state index contributed by atoms with van der Waals surface area (Å²) < 4.78 is 5.35. The summed E-state index contributed by atoms with van der Waals surface area (Å²) in [4.78, 5) is 18.4. The molecule has 1 amide bonds. The summed E-state index contributed by atoms with van der Waals surface area (Å²) in [5.41, 5.74) is 6.26. The van der Waals surface area contributed by atoms with Crippen LogP contribution in [0.2, 0.25) is 0 Å². The molecule has 21 heavy (non-hydrogen) atoms. The first kappa shape index (κ1) is 13.8. The van der Waals surface area contributed by atoms with Gasteiger partial charge in [0.1, 0.15) is 11.5 Å². The van der Waals surface area contributed by atoms with E-state index in [9.17, 15) is 4.79 Å². The van der Waals surface area contributed by atoms with Gasteiger partial charge in [-0.05, 0) is 11.5 Å². The third kappa shape index (κ3) is 2.68. The molecule has 1 aliphatic rings. The Bertz CT molecular complexity index is 674. The highest BCUT2D eigenvalue weighted by molar-refractivity contribution is 5.99. The predicted molar refractivity (Wildman–Crippen MR) is 78.9 cm³/mol. The van der Waals surface area contributed by atoms with Gasteiger partial charge in [-0.3, -0.25) is 4.79 Å². The number of carbonyl (C=O) groups is 1. The number of rotatable bonds is 2. The Morgan fingerprint density at radius 2 is 2.29 bits per heavy atom. The summed E-state index contributed by atoms with van der Waals surface area (Å²) in [6.45, 7) is 1.17. The van der Waals surface area contributed by atoms with E-state index in [1.54, 1.807) is 11.0 Å². The van der Waals surface area contributed by atoms with Crippen LogP contribution >= 0.6 is 0 Å². The van der Waals surface area contributed by atoms with Crippen molar-refractivity contribution in [1.29, 1.82) is 0 Å². The number of nitrogens with zero attached hydrogens (tertiary/aromatic N) is 2. The van der Waals surface area contributed by atoms with Crippen LogP contribution in [-0.2, 0) is 4.74 Å². The zero-order valence-corrected chi connectivity index (χ0v) is 11.5. The number of aliphatic hydroxyl groups is 1. The lowest BCUT2D eigenvalue weighted by Gasteiger charge is -2.31. The number of ether oxygens (including phenoxy) is 1. The Kier molecular flexibility index (Phi) is 3.72. The molecule has 1 unspecified atom stereocenters. The second kappa shape index (κ2) is 5.67. The minimum Gasteiger partial charge on any atom is -0.394 e. The number of hydrogen-bond acceptors (Lipinski definition) is 5. The smallest absolute Gasteiger partial charge is 0.272 e. The summed E-state index contributed by atoms with van der Waals surface area (Å²) in [5, 5.41) is 10.9. The lowest BCUT2D eigenvalue weighted by Crippen LogP contribution is -2.47. The summed E-state index contributed by atoms with van der Waals surface area (Å²) in [6.07, 6.45) is -0.333. The summed E-state index contributed by atoms with van der Waals surface area (Å²) in [5.74, 6) is 0.164. The van der Waals surface area contributed by atoms with Gasteiger partial charge in [-0.2, -0.15) is 0 Å². The summed E-state index contributed by atoms with van der Waals surface area (Å²) >= 11 is 0. The number of pyridine rings is 1. The molecule has 1 atom stereocenters. The number of nitrogen functional groups attached to an aromatic ring is 1. The largest absolute Gasteiger partial charge is 0.394 e. The highest BCUT2D eigenvalue weighted by atomic mass is 16.5. The number of morpholine rings is 1. The first-order chi connectivity index (χ1) is 10.2. The molecular weight excluding hydrogens is 270 g/mol. The molecule has 3 rings (SSSR count). The van der Waals surface area contributed by atoms with E-state index in [4.69, 9.17) is 15.6 Å². The normalized spacial score (nSPS) is 18.9. The Morgan fingerprint density at radius 3 is 3.10 bits per heavy atom. The number of benzene rings is 1. The van der Waals surface area contributed by atoms with E-state index < -0.39 is 0 Å². The van der Waals surface area contributed by atoms with Gasteiger partial charge in [0.15, 0.2) is 0 Å². The molecule has 110 valence electrons. The van der Waals surface area contributed by atoms with Crippen LogP contribution in [0.1, 0.15) is 10.5 Å². The third-order valence-corrected chi connectivity index (χ3v) is 3.62. The molecule has 2 heterocycles. The van der Waals surface area contributed by atoms with Crippen LogP contribution in [0, 0.1) is 0 Å². The average molecular weight is 287 g/mol. The molecule has 0 bridgehead atoms. The van der Waals surface area contributed by atoms with Crippen LogP contribution < -0.4 is 5.73 Å². The lowest BCUT2D eigenvalue weighted by molar-refractivity contribution is -0.0448. The average Bonchev–Trinajstić information content (AvgIpc) is 2.54. The molecule has 0 radical (unpaired) electrons. The highest BCUT2D eigenvalue weighted by Gasteiger charge is 2.25. The van der Waals surface area contributed by atoms with E-state index in [1.165, 1.54) is 0 Å². The van der Waals surface area contributed by atoms with Gasteiger partial charge in [0, 0.05) is 18.5 Å². The maximum Gasteiger partial charge on any atom is 0.272 e. The molecule has 0 spiro atoms. The summed E-state index contributed by atoms with van der Waals surface area (Å²) in [7, 11) is 0. The molecule has 6 heteroatoms. The SMILES string of the molecule is Nc1nc(C(=O)N2CCOC(CO)C2)cc2ccccc12. The molecule has 6 nitrogen and oxygen atoms in total. The second-order valence-electron chi connectivity index (χ2n) is 5.04. The molecule has 1 aromatic heterocycles. The van der Waals surface area contributed by atoms with Crippen molar-refractivity contribution in [3.63, 3.8) is 0 Å². The number of hydrogen-bond donors (Lipinski definition) is 2. The van der Waals surface area contributed by atoms with Gasteiger partial charge in [0.25, 0.3) is 5.91 Å². The van der Waals surface area contributed by atoms with E-state index in [0.29, 0.717) is 31.2 Å². The minimum absolute atomic E-state index is 0.100. The topological polar surface area (TPSA) is 88.7 Å². The van der Waals surface area contributed by atoms with Gasteiger partial charge in [0.05, 0.1) is 19.3 Å². The van der Waals surface area contributed by atoms with E-state index >= 15 is 0 Å². The number of carbonyl (C=O) groups excluding carboxylic acids is 1. The van der Waals surface area contributed by atoms with Gasteiger partial charge in [-0.25, -0.2) is 4.98 Å². The predicted octanol–water partition coefficient (Wildman–Crippen LogP) is 0.650. The van der Waals surface area contributed by atoms with Crippen molar-refractivity contribution in [2.24, 2.45) is 0 Å². The van der Waals surface area contributed by atoms with Crippen LogP contribution in [0.25, 0.3) is 10.8 Å². The summed E-state index contributed by atoms with van der Waals surface area (Å²) in [6, 6.07) is 9.31. The van der Waals surface area contributed by atoms with Gasteiger partial charge in [-0.15, -0.1) is 0 Å². The maximum atomic E-state index is 12.5. The highest BCUT2D eigenvalue weighted by Crippen LogP contribution is 2.21. The Hall–Kier alpha value is -2.18. The van der Waals surface area contributed by atoms with Crippen LogP contribution in [0.3, 0.4) is 0 Å². The van der Waals surface area contributed by atoms with Crippen LogP contribution in [-0.4, -0.2) is 53.3 Å². The number of aliphatic hydroxyl groups excluding tert-OH is 1. The standard InChI is InChI=1S/C15H17N3O3/c16-14-12-4-2-1-3-10(12)7-13(17-14)15(20)18-5-6-21-11(8-18)9-19/h1-4,7,11,19H,5-6,8-9H2,(H2,16,17). The van der Waals surface area contributed by atoms with Crippen molar-refractivity contribution in [2.75, 3.05) is 32.0 Å². The Labute approximate surface area is 122 Å². The van der Waals surface area contributed by atoms with E-state index in [-0.39, 0.29) is 18.6 Å². The number of fused-ring (bicyclic) bond motifs is 1. The number of nitrogens with two attached hydrogens (primary N) is 1. The first-order valence-corrected chi connectivity index (χ1v) is 6.86. The van der Waals surface area contributed by atoms with Gasteiger partial charge >= 0.3 is 0 Å². The molecule has 1 aliphatic heterocycles. The first-order valence-electron chi connectivity index (χ1n) is 6.86. The molecular formula is C15H17N3O3. The van der Waals surface area contributed by atoms with E-state index in [0.717, 1.165) is 10.8 Å². The fraction of sp³-hybridized carbons (Fsp3) is 0.333. The monoisotopic (exact) mass is 287 g/mol. The third-order valence-electron chi connectivity index (χ3n) is 3.62. The zero-order valence-electron chi connectivity index (χ0n) is 11.5. The Balaban J connectivity index is 1.91. The Morgan fingerprint density at radius 1 is 1.48 bits per heavy atom. The van der Waals surface area contributed by atoms with Gasteiger partial charge in [0.2, 0.25) is 0 Å². The minimum atomic E-state index is -0.333. The van der Waals surface area contributed by atoms with Gasteiger partial charge < -0.3 is 20.5 Å². The quantitative estimate of drug-likeness (QED) is 0.846. The van der Waals surface area contributed by atoms with Crippen LogP contribution in [0.4, 0.5) is 5.82 Å². The molecule has 3 N–H and O–H groups in total. The van der Waals surface area contributed by atoms with Crippen molar-refractivity contribution in [2.45, 2.75) is 6.10 Å². The molecule has 0 saturated carbocycles. The van der Waals surface area contributed by atoms with Gasteiger partial charge in [-0.1, -0.05) is 24.3 Å². The fourth-order valence-corrected chi connectivity index (χ4v) is 2.51. The van der Waals surface area contributed by atoms with Crippen molar-refractivity contribution in [3.8, 4) is 0 Å².